The Morgan fingerprint density at radius 1 is 0.680 bits per heavy atom. The lowest BCUT2D eigenvalue weighted by Gasteiger charge is -2.30. The van der Waals surface area contributed by atoms with Crippen molar-refractivity contribution in [2.45, 2.75) is 84.0 Å². The van der Waals surface area contributed by atoms with E-state index in [1.54, 1.807) is 17.0 Å². The molecule has 2 aromatic carbocycles. The van der Waals surface area contributed by atoms with Crippen LogP contribution in [0.3, 0.4) is 0 Å². The number of amides is 5. The van der Waals surface area contributed by atoms with Gasteiger partial charge < -0.3 is 35.2 Å². The number of hydrogen-bond acceptors (Lipinski definition) is 8. The van der Waals surface area contributed by atoms with Gasteiger partial charge >= 0.3 is 12.2 Å². The summed E-state index contributed by atoms with van der Waals surface area (Å²) in [6.45, 7) is 8.20. The molecule has 0 aromatic heterocycles. The SMILES string of the molecule is COC(=O)N[C@@H](C(=O)N1CCC[C@H]1C(=O)Cc1ccc(-c2ccc(NC(=O)[C@@H]3CCCN3C(=O)[C@H](NC(=O)OC)C(C)C)cc2)cc1)C(C)C. The summed E-state index contributed by atoms with van der Waals surface area (Å²) in [7, 11) is 2.48. The molecule has 0 radical (unpaired) electrons. The molecule has 0 spiro atoms. The monoisotopic (exact) mass is 691 g/mol. The van der Waals surface area contributed by atoms with Gasteiger partial charge in [-0.2, -0.15) is 0 Å². The van der Waals surface area contributed by atoms with Crippen LogP contribution < -0.4 is 16.0 Å². The van der Waals surface area contributed by atoms with Gasteiger partial charge in [-0.25, -0.2) is 9.59 Å². The van der Waals surface area contributed by atoms with Gasteiger partial charge in [-0.15, -0.1) is 0 Å². The zero-order valence-corrected chi connectivity index (χ0v) is 29.7. The van der Waals surface area contributed by atoms with Crippen molar-refractivity contribution < 1.29 is 38.2 Å². The number of ether oxygens (including phenoxy) is 2. The molecule has 2 fully saturated rings. The molecule has 13 heteroatoms. The van der Waals surface area contributed by atoms with E-state index in [-0.39, 0.29) is 41.8 Å². The van der Waals surface area contributed by atoms with E-state index in [0.29, 0.717) is 44.5 Å². The third-order valence-electron chi connectivity index (χ3n) is 9.35. The molecule has 0 saturated carbocycles. The van der Waals surface area contributed by atoms with E-state index in [2.05, 4.69) is 25.4 Å². The van der Waals surface area contributed by atoms with Crippen molar-refractivity contribution in [3.8, 4) is 11.1 Å². The van der Waals surface area contributed by atoms with Crippen LogP contribution in [0.1, 0.15) is 58.9 Å². The fraction of sp³-hybridized carbons (Fsp3) is 0.514. The second-order valence-corrected chi connectivity index (χ2v) is 13.5. The molecule has 5 amide bonds. The number of Topliss-reactive ketones (excluding diaryl/α,β-unsaturated/α-hetero) is 1. The van der Waals surface area contributed by atoms with Gasteiger partial charge in [-0.1, -0.05) is 64.1 Å². The second-order valence-electron chi connectivity index (χ2n) is 13.5. The number of nitrogens with zero attached hydrogens (tertiary/aromatic N) is 2. The van der Waals surface area contributed by atoms with Crippen LogP contribution in [0, 0.1) is 11.8 Å². The number of methoxy groups -OCH3 is 2. The van der Waals surface area contributed by atoms with Crippen LogP contribution in [0.25, 0.3) is 11.1 Å². The van der Waals surface area contributed by atoms with Gasteiger partial charge in [0, 0.05) is 25.2 Å². The molecule has 0 aliphatic carbocycles. The highest BCUT2D eigenvalue weighted by Gasteiger charge is 2.40. The quantitative estimate of drug-likeness (QED) is 0.299. The number of alkyl carbamates (subject to hydrolysis) is 2. The first-order chi connectivity index (χ1) is 23.8. The Kier molecular flexibility index (Phi) is 13.0. The van der Waals surface area contributed by atoms with Crippen LogP contribution >= 0.6 is 0 Å². The number of likely N-dealkylation sites (tertiary alicyclic amines) is 2. The van der Waals surface area contributed by atoms with E-state index in [1.165, 1.54) is 19.1 Å². The molecular weight excluding hydrogens is 642 g/mol. The molecule has 0 bridgehead atoms. The number of carbonyl (C=O) groups excluding carboxylic acids is 6. The standard InChI is InChI=1S/C37H49N5O8/c1-22(2)31(39-36(47)49-5)34(45)41-19-7-9-28(41)30(43)21-24-11-13-25(14-12-24)26-15-17-27(18-16-26)38-33(44)29-10-8-20-42(29)35(46)32(23(3)4)40-37(48)50-6/h11-18,22-23,28-29,31-32H,7-10,19-21H2,1-6H3,(H,38,44)(H,39,47)(H,40,48)/t28-,29-,31+,32+/m0/s1. The molecule has 4 rings (SSSR count). The summed E-state index contributed by atoms with van der Waals surface area (Å²) in [6, 6.07) is 12.2. The summed E-state index contributed by atoms with van der Waals surface area (Å²) in [4.78, 5) is 80.0. The molecule has 2 aromatic rings. The number of nitrogens with one attached hydrogen (secondary N) is 3. The third kappa shape index (κ3) is 9.19. The van der Waals surface area contributed by atoms with Gasteiger partial charge in [0.15, 0.2) is 5.78 Å². The fourth-order valence-corrected chi connectivity index (χ4v) is 6.53. The summed E-state index contributed by atoms with van der Waals surface area (Å²) >= 11 is 0. The lowest BCUT2D eigenvalue weighted by molar-refractivity contribution is -0.139. The molecule has 2 aliphatic rings. The van der Waals surface area contributed by atoms with Crippen LogP contribution in [0.15, 0.2) is 48.5 Å². The van der Waals surface area contributed by atoms with E-state index >= 15 is 0 Å². The first-order valence-corrected chi connectivity index (χ1v) is 17.2. The van der Waals surface area contributed by atoms with Gasteiger partial charge in [-0.3, -0.25) is 19.2 Å². The molecule has 270 valence electrons. The summed E-state index contributed by atoms with van der Waals surface area (Å²) in [5.74, 6) is -1.30. The normalized spacial score (nSPS) is 18.4. The van der Waals surface area contributed by atoms with Crippen molar-refractivity contribution in [3.05, 3.63) is 54.1 Å². The van der Waals surface area contributed by atoms with Gasteiger partial charge in [0.1, 0.15) is 18.1 Å². The lowest BCUT2D eigenvalue weighted by atomic mass is 9.98. The minimum Gasteiger partial charge on any atom is -0.453 e. The Bertz CT molecular complexity index is 1430. The number of rotatable bonds is 12. The summed E-state index contributed by atoms with van der Waals surface area (Å²) in [5, 5.41) is 8.12. The average molecular weight is 692 g/mol. The molecule has 2 aliphatic heterocycles. The number of carbonyl (C=O) groups is 6. The van der Waals surface area contributed by atoms with Crippen LogP contribution in [0.4, 0.5) is 15.3 Å². The molecular formula is C37H49N5O8. The number of anilines is 1. The molecule has 2 saturated heterocycles. The Morgan fingerprint density at radius 3 is 1.58 bits per heavy atom. The first kappa shape index (κ1) is 37.9. The number of ketones is 1. The summed E-state index contributed by atoms with van der Waals surface area (Å²) < 4.78 is 9.36. The minimum absolute atomic E-state index is 0.0498. The summed E-state index contributed by atoms with van der Waals surface area (Å²) in [5.41, 5.74) is 3.26. The zero-order valence-electron chi connectivity index (χ0n) is 29.7. The largest absolute Gasteiger partial charge is 0.453 e. The van der Waals surface area contributed by atoms with Gasteiger partial charge in [0.2, 0.25) is 17.7 Å². The summed E-state index contributed by atoms with van der Waals surface area (Å²) in [6.07, 6.45) is 1.28. The van der Waals surface area contributed by atoms with Crippen LogP contribution in [-0.4, -0.2) is 97.0 Å². The molecule has 2 heterocycles. The maximum atomic E-state index is 13.4. The van der Waals surface area contributed by atoms with Gasteiger partial charge in [0.05, 0.1) is 20.3 Å². The highest BCUT2D eigenvalue weighted by atomic mass is 16.5. The maximum Gasteiger partial charge on any atom is 0.407 e. The van der Waals surface area contributed by atoms with Crippen molar-refractivity contribution in [3.63, 3.8) is 0 Å². The topological polar surface area (TPSA) is 163 Å². The first-order valence-electron chi connectivity index (χ1n) is 17.2. The molecule has 4 atom stereocenters. The molecule has 3 N–H and O–H groups in total. The number of hydrogen-bond donors (Lipinski definition) is 3. The number of benzene rings is 2. The van der Waals surface area contributed by atoms with E-state index in [1.807, 2.05) is 64.1 Å². The van der Waals surface area contributed by atoms with Crippen molar-refractivity contribution in [1.82, 2.24) is 20.4 Å². The Labute approximate surface area is 293 Å². The minimum atomic E-state index is -0.805. The maximum absolute atomic E-state index is 13.4. The molecule has 13 nitrogen and oxygen atoms in total. The predicted molar refractivity (Wildman–Crippen MR) is 187 cm³/mol. The van der Waals surface area contributed by atoms with Crippen molar-refractivity contribution in [1.29, 1.82) is 0 Å². The van der Waals surface area contributed by atoms with E-state index in [0.717, 1.165) is 16.7 Å². The smallest absolute Gasteiger partial charge is 0.407 e. The third-order valence-corrected chi connectivity index (χ3v) is 9.35. The molecule has 50 heavy (non-hydrogen) atoms. The Hall–Kier alpha value is -4.94. The van der Waals surface area contributed by atoms with E-state index < -0.39 is 36.4 Å². The van der Waals surface area contributed by atoms with E-state index in [9.17, 15) is 28.8 Å². The fourth-order valence-electron chi connectivity index (χ4n) is 6.53. The van der Waals surface area contributed by atoms with Crippen LogP contribution in [0.5, 0.6) is 0 Å². The van der Waals surface area contributed by atoms with Gasteiger partial charge in [-0.05, 0) is 66.3 Å². The van der Waals surface area contributed by atoms with E-state index in [4.69, 9.17) is 0 Å². The molecule has 0 unspecified atom stereocenters. The predicted octanol–water partition coefficient (Wildman–Crippen LogP) is 4.15. The average Bonchev–Trinajstić information content (AvgIpc) is 3.80. The van der Waals surface area contributed by atoms with Crippen molar-refractivity contribution in [2.24, 2.45) is 11.8 Å². The second kappa shape index (κ2) is 17.1. The van der Waals surface area contributed by atoms with Crippen molar-refractivity contribution in [2.75, 3.05) is 32.6 Å². The Morgan fingerprint density at radius 2 is 1.12 bits per heavy atom. The Balaban J connectivity index is 1.35. The zero-order chi connectivity index (χ0) is 36.5. The van der Waals surface area contributed by atoms with Crippen LogP contribution in [-0.2, 0) is 35.1 Å². The van der Waals surface area contributed by atoms with Gasteiger partial charge in [0.25, 0.3) is 0 Å². The highest BCUT2D eigenvalue weighted by molar-refractivity contribution is 5.99. The van der Waals surface area contributed by atoms with Crippen LogP contribution in [0.2, 0.25) is 0 Å². The highest BCUT2D eigenvalue weighted by Crippen LogP contribution is 2.26. The lowest BCUT2D eigenvalue weighted by Crippen LogP contribution is -2.54. The van der Waals surface area contributed by atoms with Crippen molar-refractivity contribution >= 4 is 41.4 Å².